The van der Waals surface area contributed by atoms with Crippen LogP contribution in [0.4, 0.5) is 0 Å². The Hall–Kier alpha value is 0.690. The highest BCUT2D eigenvalue weighted by molar-refractivity contribution is 14.1. The minimum absolute atomic E-state index is 0.124. The molecule has 3 aliphatic rings. The van der Waals surface area contributed by atoms with E-state index in [-0.39, 0.29) is 5.60 Å². The lowest BCUT2D eigenvalue weighted by Crippen LogP contribution is -2.63. The number of fused-ring (bicyclic) bond motifs is 2. The standard InChI is InChI=1S/C11H19IO/c1-7-5-8-6-9(10(8,2)3)11(7,4)13-12/h7-9H,5-6H2,1-4H3/t7?,8-,9+,11?/m1/s1. The van der Waals surface area contributed by atoms with Crippen LogP contribution in [0.15, 0.2) is 0 Å². The summed E-state index contributed by atoms with van der Waals surface area (Å²) in [6.07, 6.45) is 2.74. The van der Waals surface area contributed by atoms with Crippen LogP contribution in [0.25, 0.3) is 0 Å². The van der Waals surface area contributed by atoms with E-state index in [9.17, 15) is 0 Å². The van der Waals surface area contributed by atoms with Gasteiger partial charge >= 0.3 is 0 Å². The lowest BCUT2D eigenvalue weighted by molar-refractivity contribution is -0.195. The molecule has 2 bridgehead atoms. The summed E-state index contributed by atoms with van der Waals surface area (Å²) in [7, 11) is 0. The normalized spacial score (nSPS) is 52.8. The molecule has 76 valence electrons. The van der Waals surface area contributed by atoms with Gasteiger partial charge < -0.3 is 3.07 Å². The molecule has 0 radical (unpaired) electrons. The summed E-state index contributed by atoms with van der Waals surface area (Å²) in [5, 5.41) is 0. The average molecular weight is 294 g/mol. The predicted molar refractivity (Wildman–Crippen MR) is 62.7 cm³/mol. The van der Waals surface area contributed by atoms with Crippen LogP contribution in [0.5, 0.6) is 0 Å². The van der Waals surface area contributed by atoms with Crippen molar-refractivity contribution in [1.82, 2.24) is 0 Å². The van der Waals surface area contributed by atoms with Crippen molar-refractivity contribution in [2.75, 3.05) is 0 Å². The van der Waals surface area contributed by atoms with Crippen LogP contribution in [-0.2, 0) is 3.07 Å². The Morgan fingerprint density at radius 3 is 2.23 bits per heavy atom. The molecule has 0 aromatic rings. The van der Waals surface area contributed by atoms with Crippen LogP contribution < -0.4 is 0 Å². The highest BCUT2D eigenvalue weighted by Gasteiger charge is 2.62. The van der Waals surface area contributed by atoms with Gasteiger partial charge in [-0.25, -0.2) is 0 Å². The zero-order valence-electron chi connectivity index (χ0n) is 8.93. The van der Waals surface area contributed by atoms with Gasteiger partial charge in [0.25, 0.3) is 0 Å². The fourth-order valence-corrected chi connectivity index (χ4v) is 4.26. The number of hydrogen-bond acceptors (Lipinski definition) is 1. The summed E-state index contributed by atoms with van der Waals surface area (Å²) in [6, 6.07) is 0. The molecule has 13 heavy (non-hydrogen) atoms. The Kier molecular flexibility index (Phi) is 2.24. The zero-order chi connectivity index (χ0) is 9.85. The first-order valence-electron chi connectivity index (χ1n) is 5.22. The lowest BCUT2D eigenvalue weighted by Gasteiger charge is -2.65. The molecule has 3 saturated carbocycles. The number of halogens is 1. The van der Waals surface area contributed by atoms with E-state index in [1.165, 1.54) is 12.8 Å². The predicted octanol–water partition coefficient (Wildman–Crippen LogP) is 3.81. The zero-order valence-corrected chi connectivity index (χ0v) is 11.1. The lowest BCUT2D eigenvalue weighted by atomic mass is 9.42. The van der Waals surface area contributed by atoms with Gasteiger partial charge in [-0.3, -0.25) is 0 Å². The topological polar surface area (TPSA) is 9.23 Å². The van der Waals surface area contributed by atoms with Gasteiger partial charge in [-0.2, -0.15) is 0 Å². The van der Waals surface area contributed by atoms with E-state index in [0.717, 1.165) is 17.8 Å². The van der Waals surface area contributed by atoms with Gasteiger partial charge in [-0.1, -0.05) is 20.8 Å². The SMILES string of the molecule is CC1C[C@@H]2C[C@H](C1(C)OI)C2(C)C. The maximum atomic E-state index is 5.75. The van der Waals surface area contributed by atoms with E-state index < -0.39 is 0 Å². The molecule has 0 aromatic carbocycles. The third-order valence-electron chi connectivity index (χ3n) is 4.95. The first-order chi connectivity index (χ1) is 5.93. The van der Waals surface area contributed by atoms with E-state index in [1.54, 1.807) is 0 Å². The minimum atomic E-state index is 0.124. The fraction of sp³-hybridized carbons (Fsp3) is 1.00. The van der Waals surface area contributed by atoms with Crippen molar-refractivity contribution in [2.24, 2.45) is 23.2 Å². The van der Waals surface area contributed by atoms with Gasteiger partial charge in [-0.15, -0.1) is 0 Å². The van der Waals surface area contributed by atoms with Crippen LogP contribution in [0.2, 0.25) is 0 Å². The highest BCUT2D eigenvalue weighted by atomic mass is 127. The molecule has 0 amide bonds. The van der Waals surface area contributed by atoms with Gasteiger partial charge in [0, 0.05) is 0 Å². The largest absolute Gasteiger partial charge is 0.309 e. The van der Waals surface area contributed by atoms with Gasteiger partial charge in [0.15, 0.2) is 0 Å². The Labute approximate surface area is 95.3 Å². The van der Waals surface area contributed by atoms with Crippen molar-refractivity contribution in [3.05, 3.63) is 0 Å². The molecule has 3 aliphatic carbocycles. The molecular weight excluding hydrogens is 275 g/mol. The van der Waals surface area contributed by atoms with Crippen LogP contribution in [0, 0.1) is 23.2 Å². The molecule has 4 atom stereocenters. The average Bonchev–Trinajstić information content (AvgIpc) is 2.08. The first-order valence-corrected chi connectivity index (χ1v) is 6.10. The maximum absolute atomic E-state index is 5.75. The number of rotatable bonds is 1. The molecule has 0 aliphatic heterocycles. The maximum Gasteiger partial charge on any atom is 0.110 e. The third kappa shape index (κ3) is 1.14. The molecular formula is C11H19IO. The molecule has 3 rings (SSSR count). The highest BCUT2D eigenvalue weighted by Crippen LogP contribution is 2.65. The molecule has 0 aromatic heterocycles. The van der Waals surface area contributed by atoms with Crippen LogP contribution >= 0.6 is 23.0 Å². The van der Waals surface area contributed by atoms with Gasteiger partial charge in [0.05, 0.1) is 5.60 Å². The summed E-state index contributed by atoms with van der Waals surface area (Å²) >= 11 is 2.10. The second kappa shape index (κ2) is 2.84. The van der Waals surface area contributed by atoms with E-state index in [1.807, 2.05) is 0 Å². The molecule has 0 heterocycles. The van der Waals surface area contributed by atoms with Crippen LogP contribution in [-0.4, -0.2) is 5.60 Å². The van der Waals surface area contributed by atoms with E-state index in [0.29, 0.717) is 5.41 Å². The van der Waals surface area contributed by atoms with Gasteiger partial charge in [-0.05, 0) is 42.9 Å². The first kappa shape index (κ1) is 10.2. The fourth-order valence-electron chi connectivity index (χ4n) is 3.52. The molecule has 0 saturated heterocycles. The van der Waals surface area contributed by atoms with Crippen molar-refractivity contribution >= 4 is 23.0 Å². The summed E-state index contributed by atoms with van der Waals surface area (Å²) in [5.74, 6) is 2.44. The molecule has 1 nitrogen and oxygen atoms in total. The number of hydrogen-bond donors (Lipinski definition) is 0. The Morgan fingerprint density at radius 1 is 1.23 bits per heavy atom. The van der Waals surface area contributed by atoms with Crippen molar-refractivity contribution < 1.29 is 3.07 Å². The molecule has 2 heteroatoms. The summed E-state index contributed by atoms with van der Waals surface area (Å²) in [5.41, 5.74) is 0.644. The third-order valence-corrected chi connectivity index (χ3v) is 5.89. The van der Waals surface area contributed by atoms with Gasteiger partial charge in [0.1, 0.15) is 23.0 Å². The molecule has 3 fully saturated rings. The van der Waals surface area contributed by atoms with Crippen LogP contribution in [0.1, 0.15) is 40.5 Å². The molecule has 0 N–H and O–H groups in total. The van der Waals surface area contributed by atoms with Crippen molar-refractivity contribution in [1.29, 1.82) is 0 Å². The van der Waals surface area contributed by atoms with Crippen molar-refractivity contribution in [3.8, 4) is 0 Å². The Morgan fingerprint density at radius 2 is 1.85 bits per heavy atom. The second-order valence-electron chi connectivity index (χ2n) is 5.70. The summed E-state index contributed by atoms with van der Waals surface area (Å²) < 4.78 is 5.75. The van der Waals surface area contributed by atoms with E-state index in [4.69, 9.17) is 3.07 Å². The molecule has 0 spiro atoms. The quantitative estimate of drug-likeness (QED) is 0.668. The minimum Gasteiger partial charge on any atom is -0.309 e. The van der Waals surface area contributed by atoms with E-state index >= 15 is 0 Å². The summed E-state index contributed by atoms with van der Waals surface area (Å²) in [4.78, 5) is 0. The smallest absolute Gasteiger partial charge is 0.110 e. The van der Waals surface area contributed by atoms with Crippen molar-refractivity contribution in [2.45, 2.75) is 46.1 Å². The van der Waals surface area contributed by atoms with Crippen LogP contribution in [0.3, 0.4) is 0 Å². The molecule has 2 unspecified atom stereocenters. The Balaban J connectivity index is 2.27. The van der Waals surface area contributed by atoms with Gasteiger partial charge in [0.2, 0.25) is 0 Å². The second-order valence-corrected chi connectivity index (χ2v) is 6.14. The Bertz CT molecular complexity index is 226. The summed E-state index contributed by atoms with van der Waals surface area (Å²) in [6.45, 7) is 9.45. The van der Waals surface area contributed by atoms with E-state index in [2.05, 4.69) is 50.7 Å². The monoisotopic (exact) mass is 294 g/mol. The van der Waals surface area contributed by atoms with Crippen molar-refractivity contribution in [3.63, 3.8) is 0 Å².